The fourth-order valence-corrected chi connectivity index (χ4v) is 3.99. The van der Waals surface area contributed by atoms with Crippen molar-refractivity contribution in [1.29, 1.82) is 0 Å². The summed E-state index contributed by atoms with van der Waals surface area (Å²) in [6.07, 6.45) is -0.400. The van der Waals surface area contributed by atoms with Gasteiger partial charge in [-0.2, -0.15) is 0 Å². The van der Waals surface area contributed by atoms with Crippen LogP contribution in [0.3, 0.4) is 0 Å². The summed E-state index contributed by atoms with van der Waals surface area (Å²) in [4.78, 5) is 24.9. The standard InChI is InChI=1S/C23H22O7/c1-11-6-16-21(12(2)7-19(25)29-16)23-20(11)14(24)10-15(30-23)13-8-17(26-3)22(28-5)18(9-13)27-4/h6-9,15H,10H2,1-5H3/t15-/m0/s1. The molecule has 0 radical (unpaired) electrons. The van der Waals surface area contributed by atoms with Crippen molar-refractivity contribution in [3.8, 4) is 23.0 Å². The predicted molar refractivity (Wildman–Crippen MR) is 110 cm³/mol. The van der Waals surface area contributed by atoms with Gasteiger partial charge in [0, 0.05) is 11.6 Å². The van der Waals surface area contributed by atoms with Crippen LogP contribution in [0.1, 0.15) is 39.6 Å². The summed E-state index contributed by atoms with van der Waals surface area (Å²) in [5.41, 5.74) is 2.59. The number of methoxy groups -OCH3 is 3. The first kappa shape index (κ1) is 19.8. The Bertz CT molecular complexity index is 1200. The number of hydrogen-bond donors (Lipinski definition) is 0. The van der Waals surface area contributed by atoms with Crippen LogP contribution in [0.15, 0.2) is 33.5 Å². The van der Waals surface area contributed by atoms with Crippen molar-refractivity contribution in [2.75, 3.05) is 21.3 Å². The number of benzene rings is 2. The SMILES string of the molecule is COc1cc([C@@H]2CC(=O)c3c(C)cc4oc(=O)cc(C)c4c3O2)cc(OC)c1OC. The number of carbonyl (C=O) groups is 1. The number of Topliss-reactive ketones (excluding diaryl/α,β-unsaturated/α-hetero) is 1. The zero-order chi connectivity index (χ0) is 21.6. The molecule has 0 N–H and O–H groups in total. The molecular formula is C23H22O7. The van der Waals surface area contributed by atoms with Crippen molar-refractivity contribution >= 4 is 16.8 Å². The summed E-state index contributed by atoms with van der Waals surface area (Å²) < 4.78 is 28.0. The molecule has 0 aliphatic carbocycles. The van der Waals surface area contributed by atoms with Crippen LogP contribution in [0.4, 0.5) is 0 Å². The van der Waals surface area contributed by atoms with E-state index in [9.17, 15) is 9.59 Å². The Morgan fingerprint density at radius 3 is 2.17 bits per heavy atom. The molecule has 0 saturated heterocycles. The maximum atomic E-state index is 13.1. The van der Waals surface area contributed by atoms with Gasteiger partial charge in [-0.25, -0.2) is 4.79 Å². The summed E-state index contributed by atoms with van der Waals surface area (Å²) in [6.45, 7) is 3.60. The molecule has 1 aliphatic heterocycles. The Hall–Kier alpha value is -3.48. The molecule has 0 spiro atoms. The van der Waals surface area contributed by atoms with E-state index in [1.54, 1.807) is 25.1 Å². The highest BCUT2D eigenvalue weighted by Crippen LogP contribution is 2.45. The topological polar surface area (TPSA) is 84.2 Å². The van der Waals surface area contributed by atoms with Crippen molar-refractivity contribution in [2.45, 2.75) is 26.4 Å². The molecule has 0 saturated carbocycles. The smallest absolute Gasteiger partial charge is 0.336 e. The average molecular weight is 410 g/mol. The normalized spacial score (nSPS) is 15.5. The number of fused-ring (bicyclic) bond motifs is 3. The van der Waals surface area contributed by atoms with Gasteiger partial charge in [0.25, 0.3) is 0 Å². The van der Waals surface area contributed by atoms with Crippen LogP contribution in [0.2, 0.25) is 0 Å². The fourth-order valence-electron chi connectivity index (χ4n) is 3.99. The molecule has 7 nitrogen and oxygen atoms in total. The number of hydrogen-bond acceptors (Lipinski definition) is 7. The summed E-state index contributed by atoms with van der Waals surface area (Å²) in [7, 11) is 4.60. The molecule has 1 atom stereocenters. The monoisotopic (exact) mass is 410 g/mol. The van der Waals surface area contributed by atoms with Crippen molar-refractivity contribution in [3.05, 3.63) is 56.9 Å². The lowest BCUT2D eigenvalue weighted by Gasteiger charge is -2.28. The van der Waals surface area contributed by atoms with Crippen molar-refractivity contribution < 1.29 is 28.2 Å². The van der Waals surface area contributed by atoms with Gasteiger partial charge in [0.2, 0.25) is 5.75 Å². The van der Waals surface area contributed by atoms with E-state index in [1.807, 2.05) is 6.92 Å². The number of ether oxygens (including phenoxy) is 4. The van der Waals surface area contributed by atoms with Crippen LogP contribution in [0.5, 0.6) is 23.0 Å². The number of ketones is 1. The van der Waals surface area contributed by atoms with Gasteiger partial charge in [0.1, 0.15) is 17.4 Å². The van der Waals surface area contributed by atoms with E-state index in [-0.39, 0.29) is 12.2 Å². The quantitative estimate of drug-likeness (QED) is 0.598. The van der Waals surface area contributed by atoms with Crippen LogP contribution >= 0.6 is 0 Å². The largest absolute Gasteiger partial charge is 0.493 e. The number of rotatable bonds is 4. The summed E-state index contributed by atoms with van der Waals surface area (Å²) in [6, 6.07) is 6.66. The van der Waals surface area contributed by atoms with E-state index in [2.05, 4.69) is 0 Å². The molecule has 3 aromatic rings. The molecular weight excluding hydrogens is 388 g/mol. The number of aryl methyl sites for hydroxylation is 2. The van der Waals surface area contributed by atoms with Crippen LogP contribution in [0, 0.1) is 13.8 Å². The summed E-state index contributed by atoms with van der Waals surface area (Å²) in [5, 5.41) is 0.626. The van der Waals surface area contributed by atoms with E-state index < -0.39 is 11.7 Å². The van der Waals surface area contributed by atoms with E-state index in [1.165, 1.54) is 27.4 Å². The zero-order valence-corrected chi connectivity index (χ0v) is 17.5. The van der Waals surface area contributed by atoms with Gasteiger partial charge in [0.15, 0.2) is 17.3 Å². The van der Waals surface area contributed by atoms with Gasteiger partial charge in [0.05, 0.1) is 38.7 Å². The maximum absolute atomic E-state index is 13.1. The molecule has 2 aromatic carbocycles. The molecule has 0 bridgehead atoms. The molecule has 1 aromatic heterocycles. The Kier molecular flexibility index (Phi) is 4.89. The molecule has 0 unspecified atom stereocenters. The van der Waals surface area contributed by atoms with Crippen LogP contribution in [0.25, 0.3) is 11.0 Å². The van der Waals surface area contributed by atoms with Gasteiger partial charge < -0.3 is 23.4 Å². The second-order valence-electron chi connectivity index (χ2n) is 7.21. The van der Waals surface area contributed by atoms with Gasteiger partial charge in [-0.05, 0) is 43.2 Å². The first-order chi connectivity index (χ1) is 14.4. The second kappa shape index (κ2) is 7.40. The fraction of sp³-hybridized carbons (Fsp3) is 0.304. The zero-order valence-electron chi connectivity index (χ0n) is 17.5. The average Bonchev–Trinajstić information content (AvgIpc) is 2.71. The Morgan fingerprint density at radius 2 is 1.57 bits per heavy atom. The van der Waals surface area contributed by atoms with E-state index in [0.29, 0.717) is 56.2 Å². The van der Waals surface area contributed by atoms with E-state index >= 15 is 0 Å². The Morgan fingerprint density at radius 1 is 0.900 bits per heavy atom. The van der Waals surface area contributed by atoms with Gasteiger partial charge in [-0.15, -0.1) is 0 Å². The highest BCUT2D eigenvalue weighted by molar-refractivity contribution is 6.07. The number of carbonyl (C=O) groups excluding carboxylic acids is 1. The second-order valence-corrected chi connectivity index (χ2v) is 7.21. The lowest BCUT2D eigenvalue weighted by atomic mass is 9.91. The van der Waals surface area contributed by atoms with Crippen molar-refractivity contribution in [1.82, 2.24) is 0 Å². The highest BCUT2D eigenvalue weighted by Gasteiger charge is 2.33. The van der Waals surface area contributed by atoms with Crippen molar-refractivity contribution in [3.63, 3.8) is 0 Å². The predicted octanol–water partition coefficient (Wildman–Crippen LogP) is 4.14. The van der Waals surface area contributed by atoms with Crippen LogP contribution in [-0.4, -0.2) is 27.1 Å². The Balaban J connectivity index is 1.90. The maximum Gasteiger partial charge on any atom is 0.336 e. The molecule has 2 heterocycles. The molecule has 4 rings (SSSR count). The van der Waals surface area contributed by atoms with Crippen LogP contribution < -0.4 is 24.6 Å². The minimum atomic E-state index is -0.560. The van der Waals surface area contributed by atoms with Crippen LogP contribution in [-0.2, 0) is 0 Å². The molecule has 0 amide bonds. The first-order valence-corrected chi connectivity index (χ1v) is 9.45. The van der Waals surface area contributed by atoms with E-state index in [0.717, 1.165) is 0 Å². The van der Waals surface area contributed by atoms with E-state index in [4.69, 9.17) is 23.4 Å². The Labute approximate surface area is 173 Å². The minimum Gasteiger partial charge on any atom is -0.493 e. The lowest BCUT2D eigenvalue weighted by Crippen LogP contribution is -2.22. The highest BCUT2D eigenvalue weighted by atomic mass is 16.5. The first-order valence-electron chi connectivity index (χ1n) is 9.45. The van der Waals surface area contributed by atoms with Gasteiger partial charge >= 0.3 is 5.63 Å². The third-order valence-corrected chi connectivity index (χ3v) is 5.35. The van der Waals surface area contributed by atoms with Crippen molar-refractivity contribution in [2.24, 2.45) is 0 Å². The van der Waals surface area contributed by atoms with Gasteiger partial charge in [-0.3, -0.25) is 4.79 Å². The third kappa shape index (κ3) is 3.07. The van der Waals surface area contributed by atoms with Gasteiger partial charge in [-0.1, -0.05) is 0 Å². The molecule has 156 valence electrons. The minimum absolute atomic E-state index is 0.0417. The molecule has 0 fully saturated rings. The summed E-state index contributed by atoms with van der Waals surface area (Å²) >= 11 is 0. The lowest BCUT2D eigenvalue weighted by molar-refractivity contribution is 0.0851. The summed E-state index contributed by atoms with van der Waals surface area (Å²) in [5.74, 6) is 1.81. The molecule has 7 heteroatoms. The molecule has 1 aliphatic rings. The molecule has 30 heavy (non-hydrogen) atoms. The third-order valence-electron chi connectivity index (χ3n) is 5.35.